The SMILES string of the molecule is O=S(=O)(NC(c1ccccc1)c1ccccc1)c1ccc(F)c(F)c1. The van der Waals surface area contributed by atoms with Crippen LogP contribution in [0, 0.1) is 11.6 Å². The summed E-state index contributed by atoms with van der Waals surface area (Å²) in [6.45, 7) is 0. The van der Waals surface area contributed by atoms with E-state index in [4.69, 9.17) is 0 Å². The molecule has 0 amide bonds. The first-order valence-corrected chi connectivity index (χ1v) is 9.03. The maximum atomic E-state index is 13.4. The number of benzene rings is 3. The molecule has 25 heavy (non-hydrogen) atoms. The van der Waals surface area contributed by atoms with Crippen LogP contribution < -0.4 is 4.72 Å². The van der Waals surface area contributed by atoms with Gasteiger partial charge in [-0.1, -0.05) is 60.7 Å². The molecule has 0 spiro atoms. The van der Waals surface area contributed by atoms with E-state index >= 15 is 0 Å². The van der Waals surface area contributed by atoms with Gasteiger partial charge in [0.05, 0.1) is 10.9 Å². The Balaban J connectivity index is 2.01. The van der Waals surface area contributed by atoms with Crippen LogP contribution in [0.4, 0.5) is 8.78 Å². The molecule has 3 nitrogen and oxygen atoms in total. The number of rotatable bonds is 5. The highest BCUT2D eigenvalue weighted by molar-refractivity contribution is 7.89. The summed E-state index contributed by atoms with van der Waals surface area (Å²) in [4.78, 5) is -0.330. The average Bonchev–Trinajstić information content (AvgIpc) is 2.63. The van der Waals surface area contributed by atoms with Crippen molar-refractivity contribution in [1.29, 1.82) is 0 Å². The molecule has 0 unspecified atom stereocenters. The van der Waals surface area contributed by atoms with E-state index in [-0.39, 0.29) is 4.90 Å². The number of halogens is 2. The zero-order chi connectivity index (χ0) is 17.9. The summed E-state index contributed by atoms with van der Waals surface area (Å²) in [6.07, 6.45) is 0. The third kappa shape index (κ3) is 3.92. The molecule has 0 aromatic heterocycles. The van der Waals surface area contributed by atoms with E-state index < -0.39 is 27.7 Å². The van der Waals surface area contributed by atoms with Crippen molar-refractivity contribution in [2.75, 3.05) is 0 Å². The highest BCUT2D eigenvalue weighted by Gasteiger charge is 2.23. The quantitative estimate of drug-likeness (QED) is 0.748. The summed E-state index contributed by atoms with van der Waals surface area (Å²) < 4.78 is 54.4. The molecular weight excluding hydrogens is 344 g/mol. The number of nitrogens with one attached hydrogen (secondary N) is 1. The van der Waals surface area contributed by atoms with Crippen LogP contribution in [0.5, 0.6) is 0 Å². The molecular formula is C19H15F2NO2S. The second-order valence-corrected chi connectivity index (χ2v) is 7.17. The first kappa shape index (κ1) is 17.3. The topological polar surface area (TPSA) is 46.2 Å². The van der Waals surface area contributed by atoms with Gasteiger partial charge in [0.2, 0.25) is 10.0 Å². The minimum absolute atomic E-state index is 0.330. The molecule has 0 saturated heterocycles. The molecule has 0 saturated carbocycles. The summed E-state index contributed by atoms with van der Waals surface area (Å²) in [7, 11) is -4.05. The van der Waals surface area contributed by atoms with Crippen molar-refractivity contribution < 1.29 is 17.2 Å². The van der Waals surface area contributed by atoms with E-state index in [1.807, 2.05) is 12.1 Å². The largest absolute Gasteiger partial charge is 0.241 e. The van der Waals surface area contributed by atoms with Crippen molar-refractivity contribution in [1.82, 2.24) is 4.72 Å². The predicted octanol–water partition coefficient (Wildman–Crippen LogP) is 4.03. The molecule has 0 bridgehead atoms. The molecule has 1 N–H and O–H groups in total. The van der Waals surface area contributed by atoms with Crippen LogP contribution >= 0.6 is 0 Å². The molecule has 3 aromatic rings. The van der Waals surface area contributed by atoms with E-state index in [1.54, 1.807) is 48.5 Å². The molecule has 0 fully saturated rings. The zero-order valence-electron chi connectivity index (χ0n) is 13.1. The van der Waals surface area contributed by atoms with Gasteiger partial charge in [0.1, 0.15) is 0 Å². The normalized spacial score (nSPS) is 11.6. The van der Waals surface area contributed by atoms with Gasteiger partial charge in [-0.2, -0.15) is 4.72 Å². The molecule has 0 aliphatic rings. The minimum atomic E-state index is -4.05. The monoisotopic (exact) mass is 359 g/mol. The van der Waals surface area contributed by atoms with Crippen molar-refractivity contribution in [3.8, 4) is 0 Å². The summed E-state index contributed by atoms with van der Waals surface area (Å²) in [5.41, 5.74) is 1.47. The Bertz CT molecular complexity index is 922. The molecule has 6 heteroatoms. The van der Waals surface area contributed by atoms with Crippen LogP contribution in [0.15, 0.2) is 83.8 Å². The van der Waals surface area contributed by atoms with Crippen molar-refractivity contribution in [2.24, 2.45) is 0 Å². The molecule has 128 valence electrons. The van der Waals surface area contributed by atoms with Crippen LogP contribution in [0.1, 0.15) is 17.2 Å². The van der Waals surface area contributed by atoms with Gasteiger partial charge < -0.3 is 0 Å². The van der Waals surface area contributed by atoms with Gasteiger partial charge in [0.25, 0.3) is 0 Å². The fourth-order valence-corrected chi connectivity index (χ4v) is 3.71. The number of sulfonamides is 1. The van der Waals surface area contributed by atoms with E-state index in [2.05, 4.69) is 4.72 Å². The van der Waals surface area contributed by atoms with E-state index in [0.29, 0.717) is 6.07 Å². The Morgan fingerprint density at radius 1 is 0.720 bits per heavy atom. The number of hydrogen-bond donors (Lipinski definition) is 1. The Morgan fingerprint density at radius 2 is 1.24 bits per heavy atom. The van der Waals surface area contributed by atoms with Crippen molar-refractivity contribution in [2.45, 2.75) is 10.9 Å². The Morgan fingerprint density at radius 3 is 1.72 bits per heavy atom. The van der Waals surface area contributed by atoms with Gasteiger partial charge in [0, 0.05) is 0 Å². The van der Waals surface area contributed by atoms with Crippen molar-refractivity contribution in [3.05, 3.63) is 102 Å². The minimum Gasteiger partial charge on any atom is -0.207 e. The van der Waals surface area contributed by atoms with Crippen LogP contribution in [0.3, 0.4) is 0 Å². The lowest BCUT2D eigenvalue weighted by Gasteiger charge is -2.20. The first-order valence-electron chi connectivity index (χ1n) is 7.54. The highest BCUT2D eigenvalue weighted by atomic mass is 32.2. The highest BCUT2D eigenvalue weighted by Crippen LogP contribution is 2.25. The van der Waals surface area contributed by atoms with Gasteiger partial charge >= 0.3 is 0 Å². The predicted molar refractivity (Wildman–Crippen MR) is 91.4 cm³/mol. The fourth-order valence-electron chi connectivity index (χ4n) is 2.49. The van der Waals surface area contributed by atoms with Gasteiger partial charge in [-0.15, -0.1) is 0 Å². The first-order chi connectivity index (χ1) is 12.0. The zero-order valence-corrected chi connectivity index (χ0v) is 13.9. The third-order valence-corrected chi connectivity index (χ3v) is 5.16. The maximum Gasteiger partial charge on any atom is 0.241 e. The van der Waals surface area contributed by atoms with Crippen LogP contribution in [-0.4, -0.2) is 8.42 Å². The van der Waals surface area contributed by atoms with Gasteiger partial charge in [-0.05, 0) is 29.3 Å². The van der Waals surface area contributed by atoms with Crippen LogP contribution in [-0.2, 0) is 10.0 Å². The van der Waals surface area contributed by atoms with Gasteiger partial charge in [-0.25, -0.2) is 17.2 Å². The van der Waals surface area contributed by atoms with E-state index in [0.717, 1.165) is 23.3 Å². The van der Waals surface area contributed by atoms with E-state index in [1.165, 1.54) is 0 Å². The lowest BCUT2D eigenvalue weighted by atomic mass is 10.00. The molecule has 0 atom stereocenters. The average molecular weight is 359 g/mol. The summed E-state index contributed by atoms with van der Waals surface area (Å²) >= 11 is 0. The Hall–Kier alpha value is -2.57. The molecule has 0 aliphatic heterocycles. The standard InChI is InChI=1S/C19H15F2NO2S/c20-17-12-11-16(13-18(17)21)25(23,24)22-19(14-7-3-1-4-8-14)15-9-5-2-6-10-15/h1-13,19,22H. The summed E-state index contributed by atoms with van der Waals surface area (Å²) in [5.74, 6) is -2.31. The van der Waals surface area contributed by atoms with Crippen LogP contribution in [0.25, 0.3) is 0 Å². The second-order valence-electron chi connectivity index (χ2n) is 5.45. The molecule has 3 aromatic carbocycles. The Labute approximate surface area is 145 Å². The second kappa shape index (κ2) is 7.13. The van der Waals surface area contributed by atoms with Crippen molar-refractivity contribution in [3.63, 3.8) is 0 Å². The Kier molecular flexibility index (Phi) is 4.92. The lowest BCUT2D eigenvalue weighted by Crippen LogP contribution is -2.29. The van der Waals surface area contributed by atoms with E-state index in [9.17, 15) is 17.2 Å². The lowest BCUT2D eigenvalue weighted by molar-refractivity contribution is 0.504. The van der Waals surface area contributed by atoms with Crippen LogP contribution in [0.2, 0.25) is 0 Å². The molecule has 0 radical (unpaired) electrons. The third-order valence-electron chi connectivity index (χ3n) is 3.74. The fraction of sp³-hybridized carbons (Fsp3) is 0.0526. The number of hydrogen-bond acceptors (Lipinski definition) is 2. The van der Waals surface area contributed by atoms with Crippen molar-refractivity contribution >= 4 is 10.0 Å². The molecule has 0 heterocycles. The maximum absolute atomic E-state index is 13.4. The van der Waals surface area contributed by atoms with Gasteiger partial charge in [-0.3, -0.25) is 0 Å². The smallest absolute Gasteiger partial charge is 0.207 e. The summed E-state index contributed by atoms with van der Waals surface area (Å²) in [6, 6.07) is 19.9. The molecule has 3 rings (SSSR count). The molecule has 0 aliphatic carbocycles. The van der Waals surface area contributed by atoms with Gasteiger partial charge in [0.15, 0.2) is 11.6 Å². The summed E-state index contributed by atoms with van der Waals surface area (Å²) in [5, 5.41) is 0.